The van der Waals surface area contributed by atoms with Crippen molar-refractivity contribution < 1.29 is 4.79 Å². The van der Waals surface area contributed by atoms with Gasteiger partial charge in [0, 0.05) is 11.6 Å². The topological polar surface area (TPSA) is 121 Å². The fraction of sp³-hybridized carbons (Fsp3) is 0.0714. The number of H-pyrrole nitrogens is 2. The zero-order chi connectivity index (χ0) is 15.2. The lowest BCUT2D eigenvalue weighted by molar-refractivity contribution is 0.102. The quantitative estimate of drug-likeness (QED) is 0.562. The average molecular weight is 284 g/mol. The van der Waals surface area contributed by atoms with Crippen molar-refractivity contribution in [1.82, 2.24) is 9.97 Å². The smallest absolute Gasteiger partial charge is 0.320 e. The number of aromatic amines is 2. The predicted molar refractivity (Wildman–Crippen MR) is 78.0 cm³/mol. The van der Waals surface area contributed by atoms with Crippen LogP contribution in [0.15, 0.2) is 39.9 Å². The molecule has 7 nitrogen and oxygen atoms in total. The fourth-order valence-electron chi connectivity index (χ4n) is 1.63. The second kappa shape index (κ2) is 6.36. The van der Waals surface area contributed by atoms with E-state index in [9.17, 15) is 14.4 Å². The van der Waals surface area contributed by atoms with Crippen LogP contribution >= 0.6 is 0 Å². The van der Waals surface area contributed by atoms with Gasteiger partial charge in [0.15, 0.2) is 0 Å². The van der Waals surface area contributed by atoms with Crippen LogP contribution in [0.4, 0.5) is 5.69 Å². The third-order valence-electron chi connectivity index (χ3n) is 2.51. The molecule has 0 saturated heterocycles. The van der Waals surface area contributed by atoms with E-state index in [1.54, 1.807) is 24.3 Å². The van der Waals surface area contributed by atoms with Crippen molar-refractivity contribution in [2.24, 2.45) is 5.73 Å². The summed E-state index contributed by atoms with van der Waals surface area (Å²) in [6.45, 7) is 0.198. The largest absolute Gasteiger partial charge is 0.326 e. The SMILES string of the molecule is NCC#Cc1ccccc1NC(=O)c1cc(=O)[nH]c(=O)[nH]1. The summed E-state index contributed by atoms with van der Waals surface area (Å²) in [5.41, 5.74) is 4.83. The first-order valence-electron chi connectivity index (χ1n) is 6.03. The van der Waals surface area contributed by atoms with Gasteiger partial charge in [-0.3, -0.25) is 14.6 Å². The fourth-order valence-corrected chi connectivity index (χ4v) is 1.63. The third-order valence-corrected chi connectivity index (χ3v) is 2.51. The highest BCUT2D eigenvalue weighted by molar-refractivity contribution is 6.03. The van der Waals surface area contributed by atoms with E-state index in [1.807, 2.05) is 4.98 Å². The van der Waals surface area contributed by atoms with Gasteiger partial charge in [-0.25, -0.2) is 4.79 Å². The van der Waals surface area contributed by atoms with E-state index in [4.69, 9.17) is 5.73 Å². The lowest BCUT2D eigenvalue weighted by atomic mass is 10.1. The molecule has 21 heavy (non-hydrogen) atoms. The molecule has 5 N–H and O–H groups in total. The number of para-hydroxylation sites is 1. The predicted octanol–water partition coefficient (Wildman–Crippen LogP) is -0.374. The lowest BCUT2D eigenvalue weighted by Gasteiger charge is -2.06. The maximum Gasteiger partial charge on any atom is 0.326 e. The van der Waals surface area contributed by atoms with Crippen LogP contribution in [0, 0.1) is 11.8 Å². The Labute approximate surface area is 119 Å². The molecule has 7 heteroatoms. The first-order valence-corrected chi connectivity index (χ1v) is 6.03. The molecule has 0 aliphatic rings. The highest BCUT2D eigenvalue weighted by atomic mass is 16.2. The van der Waals surface area contributed by atoms with Gasteiger partial charge in [-0.05, 0) is 12.1 Å². The number of hydrogen-bond donors (Lipinski definition) is 4. The number of aromatic nitrogens is 2. The number of carbonyl (C=O) groups excluding carboxylic acids is 1. The Kier molecular flexibility index (Phi) is 4.33. The highest BCUT2D eigenvalue weighted by Crippen LogP contribution is 2.14. The van der Waals surface area contributed by atoms with E-state index < -0.39 is 17.2 Å². The Morgan fingerprint density at radius 2 is 2.00 bits per heavy atom. The van der Waals surface area contributed by atoms with Crippen molar-refractivity contribution >= 4 is 11.6 Å². The molecule has 2 rings (SSSR count). The Morgan fingerprint density at radius 3 is 2.71 bits per heavy atom. The van der Waals surface area contributed by atoms with Crippen LogP contribution < -0.4 is 22.3 Å². The molecule has 0 radical (unpaired) electrons. The van der Waals surface area contributed by atoms with Crippen LogP contribution in [-0.4, -0.2) is 22.4 Å². The maximum absolute atomic E-state index is 12.0. The minimum atomic E-state index is -0.746. The molecule has 0 unspecified atom stereocenters. The van der Waals surface area contributed by atoms with Gasteiger partial charge in [-0.1, -0.05) is 24.0 Å². The summed E-state index contributed by atoms with van der Waals surface area (Å²) in [6.07, 6.45) is 0. The van der Waals surface area contributed by atoms with Gasteiger partial charge < -0.3 is 16.0 Å². The molecule has 1 aromatic heterocycles. The molecular weight excluding hydrogens is 272 g/mol. The second-order valence-corrected chi connectivity index (χ2v) is 4.01. The third kappa shape index (κ3) is 3.68. The van der Waals surface area contributed by atoms with Crippen molar-refractivity contribution in [1.29, 1.82) is 0 Å². The Morgan fingerprint density at radius 1 is 1.24 bits per heavy atom. The first-order chi connectivity index (χ1) is 10.1. The second-order valence-electron chi connectivity index (χ2n) is 4.01. The number of rotatable bonds is 2. The Hall–Kier alpha value is -3.11. The molecule has 0 aliphatic carbocycles. The number of hydrogen-bond acceptors (Lipinski definition) is 4. The average Bonchev–Trinajstić information content (AvgIpc) is 2.45. The Balaban J connectivity index is 2.32. The van der Waals surface area contributed by atoms with Crippen LogP contribution in [0.5, 0.6) is 0 Å². The van der Waals surface area contributed by atoms with Gasteiger partial charge in [0.1, 0.15) is 5.69 Å². The monoisotopic (exact) mass is 284 g/mol. The number of amides is 1. The van der Waals surface area contributed by atoms with Gasteiger partial charge in [0.05, 0.1) is 12.2 Å². The molecular formula is C14H12N4O3. The molecule has 0 spiro atoms. The number of anilines is 1. The van der Waals surface area contributed by atoms with Gasteiger partial charge in [-0.15, -0.1) is 0 Å². The molecule has 1 heterocycles. The minimum Gasteiger partial charge on any atom is -0.320 e. The highest BCUT2D eigenvalue weighted by Gasteiger charge is 2.10. The van der Waals surface area contributed by atoms with E-state index in [0.717, 1.165) is 6.07 Å². The first kappa shape index (κ1) is 14.3. The van der Waals surface area contributed by atoms with Crippen molar-refractivity contribution in [2.45, 2.75) is 0 Å². The molecule has 0 saturated carbocycles. The van der Waals surface area contributed by atoms with Crippen LogP contribution in [0.25, 0.3) is 0 Å². The zero-order valence-corrected chi connectivity index (χ0v) is 10.9. The summed E-state index contributed by atoms with van der Waals surface area (Å²) in [5.74, 6) is 4.90. The molecule has 0 fully saturated rings. The van der Waals surface area contributed by atoms with Gasteiger partial charge in [0.25, 0.3) is 11.5 Å². The molecule has 1 amide bonds. The van der Waals surface area contributed by atoms with E-state index in [1.165, 1.54) is 0 Å². The summed E-state index contributed by atoms with van der Waals surface area (Å²) >= 11 is 0. The standard InChI is InChI=1S/C14H12N4O3/c15-7-3-5-9-4-1-2-6-10(9)16-13(20)11-8-12(19)18-14(21)17-11/h1-2,4,6,8H,7,15H2,(H,16,20)(H2,17,18,19,21). The van der Waals surface area contributed by atoms with Crippen LogP contribution in [0.3, 0.4) is 0 Å². The van der Waals surface area contributed by atoms with Crippen molar-refractivity contribution in [3.05, 3.63) is 62.4 Å². The van der Waals surface area contributed by atoms with Crippen molar-refractivity contribution in [3.63, 3.8) is 0 Å². The molecule has 0 atom stereocenters. The summed E-state index contributed by atoms with van der Waals surface area (Å²) < 4.78 is 0. The molecule has 2 aromatic rings. The van der Waals surface area contributed by atoms with Crippen LogP contribution in [0.2, 0.25) is 0 Å². The number of benzene rings is 1. The van der Waals surface area contributed by atoms with Crippen LogP contribution in [0.1, 0.15) is 16.1 Å². The maximum atomic E-state index is 12.0. The van der Waals surface area contributed by atoms with Gasteiger partial charge in [-0.2, -0.15) is 0 Å². The van der Waals surface area contributed by atoms with E-state index >= 15 is 0 Å². The van der Waals surface area contributed by atoms with Gasteiger partial charge in [0.2, 0.25) is 0 Å². The summed E-state index contributed by atoms with van der Waals surface area (Å²) in [4.78, 5) is 38.6. The molecule has 106 valence electrons. The van der Waals surface area contributed by atoms with Crippen molar-refractivity contribution in [3.8, 4) is 11.8 Å². The summed E-state index contributed by atoms with van der Waals surface area (Å²) in [6, 6.07) is 7.88. The van der Waals surface area contributed by atoms with Crippen LogP contribution in [-0.2, 0) is 0 Å². The van der Waals surface area contributed by atoms with Gasteiger partial charge >= 0.3 is 5.69 Å². The Bertz CT molecular complexity index is 811. The van der Waals surface area contributed by atoms with E-state index in [-0.39, 0.29) is 12.2 Å². The van der Waals surface area contributed by atoms with E-state index in [2.05, 4.69) is 22.1 Å². The minimum absolute atomic E-state index is 0.134. The lowest BCUT2D eigenvalue weighted by Crippen LogP contribution is -2.27. The van der Waals surface area contributed by atoms with E-state index in [0.29, 0.717) is 11.3 Å². The summed E-state index contributed by atoms with van der Waals surface area (Å²) in [5, 5.41) is 2.58. The number of nitrogens with two attached hydrogens (primary N) is 1. The zero-order valence-electron chi connectivity index (χ0n) is 10.9. The number of nitrogens with one attached hydrogen (secondary N) is 3. The number of carbonyl (C=O) groups is 1. The summed E-state index contributed by atoms with van der Waals surface area (Å²) in [7, 11) is 0. The molecule has 1 aromatic carbocycles. The molecule has 0 aliphatic heterocycles. The normalized spacial score (nSPS) is 9.57. The van der Waals surface area contributed by atoms with Crippen molar-refractivity contribution in [2.75, 3.05) is 11.9 Å². The molecule has 0 bridgehead atoms.